The van der Waals surface area contributed by atoms with Crippen molar-refractivity contribution < 1.29 is 8.97 Å². The van der Waals surface area contributed by atoms with Crippen LogP contribution in [0.2, 0.25) is 10.0 Å². The Morgan fingerprint density at radius 2 is 2.06 bits per heavy atom. The van der Waals surface area contributed by atoms with Crippen LogP contribution in [0, 0.1) is 0 Å². The molecule has 1 atom stereocenters. The number of hydrogen-bond acceptors (Lipinski definition) is 2. The first kappa shape index (κ1) is 13.6. The van der Waals surface area contributed by atoms with Crippen molar-refractivity contribution in [1.82, 2.24) is 0 Å². The fourth-order valence-corrected chi connectivity index (χ4v) is 2.60. The Morgan fingerprint density at radius 3 is 2.72 bits per heavy atom. The summed E-state index contributed by atoms with van der Waals surface area (Å²) < 4.78 is 16.7. The molecule has 0 saturated carbocycles. The Hall–Kier alpha value is -0.870. The molecule has 0 N–H and O–H groups in total. The van der Waals surface area contributed by atoms with Gasteiger partial charge in [0.05, 0.1) is 22.6 Å². The van der Waals surface area contributed by atoms with E-state index < -0.39 is 11.2 Å². The number of halogens is 2. The highest BCUT2D eigenvalue weighted by atomic mass is 35.5. The zero-order valence-electron chi connectivity index (χ0n) is 9.31. The molecule has 2 aromatic rings. The topological polar surface area (TPSA) is 36.2 Å². The van der Waals surface area contributed by atoms with E-state index in [-0.39, 0.29) is 0 Å². The fourth-order valence-electron chi connectivity index (χ4n) is 1.37. The van der Waals surface area contributed by atoms with Crippen molar-refractivity contribution in [2.45, 2.75) is 5.75 Å². The number of hydrogen-bond donors (Lipinski definition) is 0. The highest BCUT2D eigenvalue weighted by molar-refractivity contribution is 7.93. The van der Waals surface area contributed by atoms with Crippen molar-refractivity contribution in [3.05, 3.63) is 63.4 Å². The molecular weight excluding hydrogens is 291 g/mol. The Morgan fingerprint density at radius 1 is 1.22 bits per heavy atom. The Kier molecular flexibility index (Phi) is 4.78. The van der Waals surface area contributed by atoms with Crippen LogP contribution in [-0.2, 0) is 16.9 Å². The summed E-state index contributed by atoms with van der Waals surface area (Å²) in [7, 11) is 0. The summed E-state index contributed by atoms with van der Waals surface area (Å²) >= 11 is 10.6. The van der Waals surface area contributed by atoms with Gasteiger partial charge in [-0.3, -0.25) is 0 Å². The summed E-state index contributed by atoms with van der Waals surface area (Å²) in [5.41, 5.74) is 1.78. The van der Waals surface area contributed by atoms with Crippen LogP contribution in [0.25, 0.3) is 6.08 Å². The molecule has 18 heavy (non-hydrogen) atoms. The predicted molar refractivity (Wildman–Crippen MR) is 76.1 cm³/mol. The van der Waals surface area contributed by atoms with E-state index in [1.54, 1.807) is 42.2 Å². The predicted octanol–water partition coefficient (Wildman–Crippen LogP) is 4.51. The van der Waals surface area contributed by atoms with Crippen molar-refractivity contribution >= 4 is 40.5 Å². The van der Waals surface area contributed by atoms with E-state index in [2.05, 4.69) is 0 Å². The molecule has 1 aromatic heterocycles. The first-order valence-corrected chi connectivity index (χ1v) is 7.30. The molecule has 0 aliphatic heterocycles. The van der Waals surface area contributed by atoms with Gasteiger partial charge in [0.25, 0.3) is 0 Å². The highest BCUT2D eigenvalue weighted by Crippen LogP contribution is 2.23. The average molecular weight is 301 g/mol. The second kappa shape index (κ2) is 6.34. The number of rotatable bonds is 4. The minimum Gasteiger partial charge on any atom is -0.612 e. The lowest BCUT2D eigenvalue weighted by Crippen LogP contribution is -1.99. The van der Waals surface area contributed by atoms with Crippen molar-refractivity contribution in [3.63, 3.8) is 0 Å². The van der Waals surface area contributed by atoms with E-state index in [0.29, 0.717) is 15.8 Å². The van der Waals surface area contributed by atoms with Gasteiger partial charge in [-0.05, 0) is 35.5 Å². The maximum absolute atomic E-state index is 11.8. The Balaban J connectivity index is 1.98. The molecule has 0 spiro atoms. The van der Waals surface area contributed by atoms with Crippen LogP contribution < -0.4 is 0 Å². The number of benzene rings is 1. The lowest BCUT2D eigenvalue weighted by Gasteiger charge is -2.06. The van der Waals surface area contributed by atoms with E-state index in [1.165, 1.54) is 0 Å². The van der Waals surface area contributed by atoms with Crippen molar-refractivity contribution in [2.75, 3.05) is 0 Å². The van der Waals surface area contributed by atoms with E-state index in [9.17, 15) is 4.55 Å². The van der Waals surface area contributed by atoms with Gasteiger partial charge in [0.15, 0.2) is 0 Å². The van der Waals surface area contributed by atoms with Crippen LogP contribution in [0.5, 0.6) is 0 Å². The van der Waals surface area contributed by atoms with Crippen LogP contribution in [0.4, 0.5) is 0 Å². The molecule has 1 unspecified atom stereocenters. The maximum Gasteiger partial charge on any atom is 0.135 e. The molecule has 0 aliphatic rings. The molecule has 94 valence electrons. The SMILES string of the molecule is [O-][S+](C=Cc1ccoc1)Cc1ccc(Cl)c(Cl)c1. The summed E-state index contributed by atoms with van der Waals surface area (Å²) in [6.07, 6.45) is 4.92. The van der Waals surface area contributed by atoms with Gasteiger partial charge >= 0.3 is 0 Å². The van der Waals surface area contributed by atoms with Crippen LogP contribution in [-0.4, -0.2) is 4.55 Å². The molecular formula is C13H10Cl2O2S. The van der Waals surface area contributed by atoms with Gasteiger partial charge in [-0.15, -0.1) is 0 Å². The highest BCUT2D eigenvalue weighted by Gasteiger charge is 2.06. The second-order valence-corrected chi connectivity index (χ2v) is 5.77. The Bertz CT molecular complexity index is 538. The summed E-state index contributed by atoms with van der Waals surface area (Å²) in [6.45, 7) is 0. The van der Waals surface area contributed by atoms with Gasteiger partial charge in [-0.1, -0.05) is 29.3 Å². The van der Waals surface area contributed by atoms with Crippen LogP contribution in [0.3, 0.4) is 0 Å². The van der Waals surface area contributed by atoms with Gasteiger partial charge in [-0.2, -0.15) is 0 Å². The van der Waals surface area contributed by atoms with E-state index >= 15 is 0 Å². The molecule has 5 heteroatoms. The molecule has 0 bridgehead atoms. The van der Waals surface area contributed by atoms with Gasteiger partial charge < -0.3 is 8.97 Å². The van der Waals surface area contributed by atoms with Gasteiger partial charge in [-0.25, -0.2) is 0 Å². The van der Waals surface area contributed by atoms with E-state index in [4.69, 9.17) is 27.6 Å². The monoisotopic (exact) mass is 300 g/mol. The third kappa shape index (κ3) is 3.82. The zero-order valence-corrected chi connectivity index (χ0v) is 11.6. The zero-order chi connectivity index (χ0) is 13.0. The van der Waals surface area contributed by atoms with Gasteiger partial charge in [0.2, 0.25) is 0 Å². The third-order valence-corrected chi connectivity index (χ3v) is 4.04. The molecule has 0 aliphatic carbocycles. The number of furan rings is 1. The molecule has 2 nitrogen and oxygen atoms in total. The lowest BCUT2D eigenvalue weighted by atomic mass is 10.2. The van der Waals surface area contributed by atoms with Crippen molar-refractivity contribution in [1.29, 1.82) is 0 Å². The first-order chi connectivity index (χ1) is 8.65. The molecule has 0 fully saturated rings. The van der Waals surface area contributed by atoms with Crippen molar-refractivity contribution in [3.8, 4) is 0 Å². The lowest BCUT2D eigenvalue weighted by molar-refractivity contribution is 0.567. The van der Waals surface area contributed by atoms with E-state index in [0.717, 1.165) is 11.1 Å². The molecule has 0 saturated heterocycles. The molecule has 1 heterocycles. The van der Waals surface area contributed by atoms with Crippen LogP contribution in [0.15, 0.2) is 46.6 Å². The minimum absolute atomic E-state index is 0.408. The second-order valence-electron chi connectivity index (χ2n) is 3.63. The first-order valence-electron chi connectivity index (χ1n) is 5.16. The standard InChI is InChI=1S/C13H10Cl2O2S/c14-12-2-1-11(7-13(12)15)9-18(16)6-4-10-3-5-17-8-10/h1-8H,9H2. The molecule has 0 amide bonds. The quantitative estimate of drug-likeness (QED) is 0.779. The molecule has 0 radical (unpaired) electrons. The van der Waals surface area contributed by atoms with E-state index in [1.807, 2.05) is 6.07 Å². The maximum atomic E-state index is 11.8. The Labute approximate surface area is 118 Å². The molecule has 1 aromatic carbocycles. The third-order valence-electron chi connectivity index (χ3n) is 2.25. The summed E-state index contributed by atoms with van der Waals surface area (Å²) in [5, 5.41) is 2.61. The normalized spacial score (nSPS) is 13.1. The minimum atomic E-state index is -1.09. The van der Waals surface area contributed by atoms with Crippen LogP contribution >= 0.6 is 23.2 Å². The largest absolute Gasteiger partial charge is 0.612 e. The van der Waals surface area contributed by atoms with Gasteiger partial charge in [0.1, 0.15) is 11.2 Å². The average Bonchev–Trinajstić information content (AvgIpc) is 2.84. The molecule has 2 rings (SSSR count). The summed E-state index contributed by atoms with van der Waals surface area (Å²) in [6, 6.07) is 7.05. The fraction of sp³-hybridized carbons (Fsp3) is 0.0769. The summed E-state index contributed by atoms with van der Waals surface area (Å²) in [4.78, 5) is 0. The smallest absolute Gasteiger partial charge is 0.135 e. The van der Waals surface area contributed by atoms with Crippen molar-refractivity contribution in [2.24, 2.45) is 0 Å². The summed E-state index contributed by atoms with van der Waals surface area (Å²) in [5.74, 6) is 0.408. The van der Waals surface area contributed by atoms with Gasteiger partial charge in [0, 0.05) is 11.1 Å². The van der Waals surface area contributed by atoms with Crippen LogP contribution in [0.1, 0.15) is 11.1 Å².